The maximum Gasteiger partial charge on any atom is 0.405 e. The van der Waals surface area contributed by atoms with Gasteiger partial charge in [-0.3, -0.25) is 9.69 Å². The average molecular weight is 297 g/mol. The van der Waals surface area contributed by atoms with Gasteiger partial charge in [-0.1, -0.05) is 0 Å². The summed E-state index contributed by atoms with van der Waals surface area (Å²) in [7, 11) is 0. The van der Waals surface area contributed by atoms with E-state index in [1.165, 1.54) is 0 Å². The fourth-order valence-corrected chi connectivity index (χ4v) is 3.58. The Kier molecular flexibility index (Phi) is 4.76. The highest BCUT2D eigenvalue weighted by atomic mass is 16.6. The van der Waals surface area contributed by atoms with Crippen LogP contribution in [-0.4, -0.2) is 59.6 Å². The van der Waals surface area contributed by atoms with Crippen LogP contribution in [0.5, 0.6) is 0 Å². The van der Waals surface area contributed by atoms with Gasteiger partial charge in [0.25, 0.3) is 0 Å². The fourth-order valence-electron chi connectivity index (χ4n) is 3.58. The summed E-state index contributed by atoms with van der Waals surface area (Å²) in [5.74, 6) is 0.765. The van der Waals surface area contributed by atoms with Crippen LogP contribution in [0.1, 0.15) is 40.0 Å². The molecular weight excluding hydrogens is 270 g/mol. The molecule has 2 fully saturated rings. The van der Waals surface area contributed by atoms with Crippen LogP contribution >= 0.6 is 0 Å². The highest BCUT2D eigenvalue weighted by Gasteiger charge is 2.38. The van der Waals surface area contributed by atoms with Crippen molar-refractivity contribution in [1.82, 2.24) is 9.80 Å². The normalized spacial score (nSPS) is 27.1. The molecule has 0 aromatic rings. The lowest BCUT2D eigenvalue weighted by Crippen LogP contribution is -2.55. The van der Waals surface area contributed by atoms with Gasteiger partial charge in [0.15, 0.2) is 0 Å². The lowest BCUT2D eigenvalue weighted by molar-refractivity contribution is -0.131. The first-order chi connectivity index (χ1) is 9.77. The second kappa shape index (κ2) is 6.22. The van der Waals surface area contributed by atoms with Crippen molar-refractivity contribution in [3.05, 3.63) is 0 Å². The number of hydrogen-bond donors (Lipinski definition) is 1. The molecule has 0 radical (unpaired) electrons. The van der Waals surface area contributed by atoms with E-state index in [2.05, 4.69) is 4.90 Å². The van der Waals surface area contributed by atoms with E-state index in [4.69, 9.17) is 10.5 Å². The molecule has 2 N–H and O–H groups in total. The summed E-state index contributed by atoms with van der Waals surface area (Å²) in [5, 5.41) is 0. The minimum Gasteiger partial charge on any atom is -0.444 e. The van der Waals surface area contributed by atoms with E-state index in [1.54, 1.807) is 6.92 Å². The number of primary amides is 1. The summed E-state index contributed by atoms with van der Waals surface area (Å²) >= 11 is 0. The Labute approximate surface area is 126 Å². The summed E-state index contributed by atoms with van der Waals surface area (Å²) < 4.78 is 5.15. The van der Waals surface area contributed by atoms with Crippen molar-refractivity contribution in [2.75, 3.05) is 26.2 Å². The number of hydrogen-bond acceptors (Lipinski definition) is 4. The molecule has 2 amide bonds. The molecule has 6 heteroatoms. The summed E-state index contributed by atoms with van der Waals surface area (Å²) in [6, 6.07) is 0.619. The molecule has 0 aromatic heterocycles. The zero-order valence-corrected chi connectivity index (χ0v) is 13.3. The predicted octanol–water partition coefficient (Wildman–Crippen LogP) is 1.19. The highest BCUT2D eigenvalue weighted by molar-refractivity contribution is 5.73. The lowest BCUT2D eigenvalue weighted by Gasteiger charge is -2.47. The third-order valence-electron chi connectivity index (χ3n) is 4.64. The van der Waals surface area contributed by atoms with Gasteiger partial charge in [0.2, 0.25) is 5.91 Å². The largest absolute Gasteiger partial charge is 0.444 e. The molecule has 21 heavy (non-hydrogen) atoms. The summed E-state index contributed by atoms with van der Waals surface area (Å²) in [6.07, 6.45) is 2.45. The maximum atomic E-state index is 11.3. The summed E-state index contributed by atoms with van der Waals surface area (Å²) in [4.78, 5) is 26.6. The molecule has 120 valence electrons. The van der Waals surface area contributed by atoms with Crippen molar-refractivity contribution in [2.45, 2.75) is 51.7 Å². The van der Waals surface area contributed by atoms with Crippen LogP contribution in [0, 0.1) is 5.92 Å². The van der Waals surface area contributed by atoms with Gasteiger partial charge < -0.3 is 15.4 Å². The Morgan fingerprint density at radius 3 is 2.24 bits per heavy atom. The Morgan fingerprint density at radius 1 is 1.19 bits per heavy atom. The Bertz CT molecular complexity index is 397. The van der Waals surface area contributed by atoms with Gasteiger partial charge in [-0.25, -0.2) is 4.79 Å². The molecular formula is C15H27N3O3. The van der Waals surface area contributed by atoms with Crippen LogP contribution in [0.2, 0.25) is 0 Å². The predicted molar refractivity (Wildman–Crippen MR) is 79.7 cm³/mol. The third kappa shape index (κ3) is 4.33. The van der Waals surface area contributed by atoms with Gasteiger partial charge >= 0.3 is 6.09 Å². The number of nitrogens with zero attached hydrogens (tertiary/aromatic N) is 2. The van der Waals surface area contributed by atoms with E-state index in [1.807, 2.05) is 18.7 Å². The Morgan fingerprint density at radius 2 is 1.76 bits per heavy atom. The molecule has 2 aliphatic rings. The van der Waals surface area contributed by atoms with Crippen molar-refractivity contribution < 1.29 is 14.3 Å². The molecule has 6 nitrogen and oxygen atoms in total. The zero-order valence-electron chi connectivity index (χ0n) is 13.3. The van der Waals surface area contributed by atoms with Crippen molar-refractivity contribution >= 4 is 12.0 Å². The Hall–Kier alpha value is -1.30. The van der Waals surface area contributed by atoms with Gasteiger partial charge in [-0.2, -0.15) is 0 Å². The molecule has 1 aliphatic carbocycles. The van der Waals surface area contributed by atoms with Crippen molar-refractivity contribution in [3.63, 3.8) is 0 Å². The topological polar surface area (TPSA) is 75.9 Å². The first kappa shape index (κ1) is 16.1. The SMILES string of the molecule is CC(=O)N1CCN(C2CC(CC(C)(C)OC(N)=O)C2)CC1. The van der Waals surface area contributed by atoms with E-state index in [0.29, 0.717) is 12.0 Å². The van der Waals surface area contributed by atoms with Gasteiger partial charge in [0.1, 0.15) is 5.60 Å². The van der Waals surface area contributed by atoms with E-state index in [-0.39, 0.29) is 5.91 Å². The number of amides is 2. The molecule has 0 aromatic carbocycles. The molecule has 1 saturated heterocycles. The Balaban J connectivity index is 1.70. The third-order valence-corrected chi connectivity index (χ3v) is 4.64. The summed E-state index contributed by atoms with van der Waals surface area (Å²) in [6.45, 7) is 9.08. The standard InChI is InChI=1S/C15H27N3O3/c1-11(19)17-4-6-18(7-5-17)13-8-12(9-13)10-15(2,3)21-14(16)20/h12-13H,4-10H2,1-3H3,(H2,16,20). The van der Waals surface area contributed by atoms with E-state index in [0.717, 1.165) is 45.4 Å². The minimum absolute atomic E-state index is 0.173. The number of carbonyl (C=O) groups is 2. The number of nitrogens with two attached hydrogens (primary N) is 1. The van der Waals surface area contributed by atoms with Gasteiger partial charge in [-0.15, -0.1) is 0 Å². The highest BCUT2D eigenvalue weighted by Crippen LogP contribution is 2.38. The molecule has 0 unspecified atom stereocenters. The van der Waals surface area contributed by atoms with Crippen LogP contribution < -0.4 is 5.73 Å². The molecule has 1 aliphatic heterocycles. The molecule has 0 atom stereocenters. The van der Waals surface area contributed by atoms with Crippen LogP contribution in [0.25, 0.3) is 0 Å². The van der Waals surface area contributed by atoms with Gasteiger partial charge in [0, 0.05) is 39.1 Å². The van der Waals surface area contributed by atoms with Crippen molar-refractivity contribution in [2.24, 2.45) is 11.7 Å². The first-order valence-electron chi connectivity index (χ1n) is 7.75. The van der Waals surface area contributed by atoms with Crippen molar-refractivity contribution in [3.8, 4) is 0 Å². The van der Waals surface area contributed by atoms with Crippen molar-refractivity contribution in [1.29, 1.82) is 0 Å². The van der Waals surface area contributed by atoms with Crippen LogP contribution in [0.15, 0.2) is 0 Å². The van der Waals surface area contributed by atoms with Crippen LogP contribution in [-0.2, 0) is 9.53 Å². The number of rotatable bonds is 4. The first-order valence-corrected chi connectivity index (χ1v) is 7.75. The van der Waals surface area contributed by atoms with Crippen LogP contribution in [0.3, 0.4) is 0 Å². The van der Waals surface area contributed by atoms with E-state index < -0.39 is 11.7 Å². The van der Waals surface area contributed by atoms with Gasteiger partial charge in [-0.05, 0) is 39.0 Å². The van der Waals surface area contributed by atoms with E-state index >= 15 is 0 Å². The minimum atomic E-state index is -0.698. The van der Waals surface area contributed by atoms with E-state index in [9.17, 15) is 9.59 Å². The lowest BCUT2D eigenvalue weighted by atomic mass is 9.73. The molecule has 0 spiro atoms. The second-order valence-corrected chi connectivity index (χ2v) is 6.92. The molecule has 1 heterocycles. The molecule has 2 rings (SSSR count). The molecule has 0 bridgehead atoms. The monoisotopic (exact) mass is 297 g/mol. The average Bonchev–Trinajstić information content (AvgIpc) is 2.32. The second-order valence-electron chi connectivity index (χ2n) is 6.92. The number of piperazine rings is 1. The van der Waals surface area contributed by atoms with Gasteiger partial charge in [0.05, 0.1) is 0 Å². The number of ether oxygens (including phenoxy) is 1. The van der Waals surface area contributed by atoms with Crippen LogP contribution in [0.4, 0.5) is 4.79 Å². The molecule has 1 saturated carbocycles. The smallest absolute Gasteiger partial charge is 0.405 e. The fraction of sp³-hybridized carbons (Fsp3) is 0.867. The quantitative estimate of drug-likeness (QED) is 0.846. The maximum absolute atomic E-state index is 11.3. The zero-order chi connectivity index (χ0) is 15.6. The summed E-state index contributed by atoms with van der Waals surface area (Å²) in [5.41, 5.74) is 4.62. The number of carbonyl (C=O) groups excluding carboxylic acids is 2.